The van der Waals surface area contributed by atoms with Crippen molar-refractivity contribution in [2.75, 3.05) is 37.9 Å². The molecule has 2 aliphatic heterocycles. The summed E-state index contributed by atoms with van der Waals surface area (Å²) in [6, 6.07) is 11.8. The van der Waals surface area contributed by atoms with Gasteiger partial charge in [0.05, 0.1) is 18.3 Å². The first-order chi connectivity index (χ1) is 23.7. The molecule has 4 aliphatic rings. The Labute approximate surface area is 284 Å². The maximum atomic E-state index is 14.0. The minimum atomic E-state index is -3.52. The largest absolute Gasteiger partial charge is 0.494 e. The van der Waals surface area contributed by atoms with Gasteiger partial charge in [-0.2, -0.15) is 0 Å². The van der Waals surface area contributed by atoms with Gasteiger partial charge in [0.15, 0.2) is 5.82 Å². The van der Waals surface area contributed by atoms with E-state index in [-0.39, 0.29) is 29.1 Å². The molecule has 2 N–H and O–H groups in total. The number of carbonyl (C=O) groups excluding carboxylic acids is 1. The van der Waals surface area contributed by atoms with E-state index in [2.05, 4.69) is 36.1 Å². The number of sulfone groups is 1. The zero-order valence-electron chi connectivity index (χ0n) is 27.6. The van der Waals surface area contributed by atoms with E-state index < -0.39 is 9.84 Å². The third-order valence-electron chi connectivity index (χ3n) is 10.9. The van der Waals surface area contributed by atoms with Crippen LogP contribution in [-0.4, -0.2) is 93.4 Å². The lowest BCUT2D eigenvalue weighted by molar-refractivity contribution is 0.0700. The molecule has 6 heterocycles. The van der Waals surface area contributed by atoms with E-state index in [1.165, 1.54) is 19.0 Å². The number of fused-ring (bicyclic) bond motifs is 4. The Bertz CT molecular complexity index is 2240. The average molecular weight is 682 g/mol. The third kappa shape index (κ3) is 5.14. The number of rotatable bonds is 9. The van der Waals surface area contributed by atoms with Gasteiger partial charge in [0.2, 0.25) is 15.0 Å². The second kappa shape index (κ2) is 11.2. The predicted molar refractivity (Wildman–Crippen MR) is 184 cm³/mol. The van der Waals surface area contributed by atoms with Crippen LogP contribution in [0.1, 0.15) is 36.0 Å². The minimum absolute atomic E-state index is 0.0288. The number of ether oxygens (including phenoxy) is 1. The van der Waals surface area contributed by atoms with Gasteiger partial charge in [-0.3, -0.25) is 4.79 Å². The lowest BCUT2D eigenvalue weighted by atomic mass is 10.00. The van der Waals surface area contributed by atoms with E-state index in [1.807, 2.05) is 29.3 Å². The predicted octanol–water partition coefficient (Wildman–Crippen LogP) is 3.36. The van der Waals surface area contributed by atoms with Gasteiger partial charge in [-0.25, -0.2) is 28.4 Å². The molecule has 4 fully saturated rings. The van der Waals surface area contributed by atoms with Crippen molar-refractivity contribution < 1.29 is 17.9 Å². The van der Waals surface area contributed by atoms with Crippen LogP contribution in [0.15, 0.2) is 53.9 Å². The average Bonchev–Trinajstić information content (AvgIpc) is 3.43. The molecule has 9 rings (SSSR count). The van der Waals surface area contributed by atoms with Crippen LogP contribution in [0, 0.1) is 17.8 Å². The minimum Gasteiger partial charge on any atom is -0.494 e. The summed E-state index contributed by atoms with van der Waals surface area (Å²) < 4.78 is 34.8. The van der Waals surface area contributed by atoms with Crippen LogP contribution in [-0.2, 0) is 22.9 Å². The molecule has 2 bridgehead atoms. The van der Waals surface area contributed by atoms with Gasteiger partial charge in [0, 0.05) is 80.3 Å². The van der Waals surface area contributed by atoms with E-state index in [9.17, 15) is 13.2 Å². The van der Waals surface area contributed by atoms with Gasteiger partial charge >= 0.3 is 0 Å². The fraction of sp³-hybridized carbons (Fsp3) is 0.457. The highest BCUT2D eigenvalue weighted by Crippen LogP contribution is 2.41. The summed E-state index contributed by atoms with van der Waals surface area (Å²) in [7, 11) is -1.88. The van der Waals surface area contributed by atoms with E-state index >= 15 is 0 Å². The molecule has 1 amide bonds. The van der Waals surface area contributed by atoms with Gasteiger partial charge in [0.1, 0.15) is 22.7 Å². The molecular weight excluding hydrogens is 643 g/mol. The first-order valence-corrected chi connectivity index (χ1v) is 18.9. The Balaban J connectivity index is 1.12. The SMILES string of the molecule is COc1cc(C(=O)N2C[C@H]3CC[C@@H]2[C@@H]3N)cc2nc(-c3cc4cccnc4n3CC3CC3)n(CC3CN(c4ccnc(S(C)(=O)=O)n4)C3)c12. The van der Waals surface area contributed by atoms with Gasteiger partial charge in [-0.1, -0.05) is 0 Å². The van der Waals surface area contributed by atoms with Crippen molar-refractivity contribution in [1.82, 2.24) is 34.0 Å². The second-order valence-corrected chi connectivity index (χ2v) is 16.2. The van der Waals surface area contributed by atoms with Crippen molar-refractivity contribution in [1.29, 1.82) is 0 Å². The monoisotopic (exact) mass is 681 g/mol. The number of imidazole rings is 1. The summed E-state index contributed by atoms with van der Waals surface area (Å²) in [4.78, 5) is 36.3. The number of piperidine rings is 1. The maximum absolute atomic E-state index is 14.0. The highest BCUT2D eigenvalue weighted by Gasteiger charge is 2.47. The molecule has 0 radical (unpaired) electrons. The summed E-state index contributed by atoms with van der Waals surface area (Å²) in [6.45, 7) is 3.56. The topological polar surface area (TPSA) is 154 Å². The van der Waals surface area contributed by atoms with Crippen molar-refractivity contribution in [3.63, 3.8) is 0 Å². The number of benzene rings is 1. The van der Waals surface area contributed by atoms with E-state index in [0.717, 1.165) is 53.7 Å². The number of nitrogens with zero attached hydrogens (tertiary/aromatic N) is 8. The molecule has 5 aromatic rings. The van der Waals surface area contributed by atoms with Crippen LogP contribution >= 0.6 is 0 Å². The number of aromatic nitrogens is 6. The zero-order valence-corrected chi connectivity index (χ0v) is 28.4. The van der Waals surface area contributed by atoms with E-state index in [1.54, 1.807) is 13.2 Å². The molecule has 0 unspecified atom stereocenters. The Hall–Kier alpha value is -4.56. The quantitative estimate of drug-likeness (QED) is 0.229. The van der Waals surface area contributed by atoms with Crippen LogP contribution in [0.4, 0.5) is 5.82 Å². The number of carbonyl (C=O) groups is 1. The third-order valence-corrected chi connectivity index (χ3v) is 11.7. The molecule has 3 atom stereocenters. The molecule has 13 nitrogen and oxygen atoms in total. The Morgan fingerprint density at radius 3 is 2.49 bits per heavy atom. The van der Waals surface area contributed by atoms with E-state index in [4.69, 9.17) is 20.4 Å². The summed E-state index contributed by atoms with van der Waals surface area (Å²) in [5.74, 6) is 3.15. The number of hydrogen-bond acceptors (Lipinski definition) is 10. The number of anilines is 1. The Morgan fingerprint density at radius 2 is 1.78 bits per heavy atom. The number of pyridine rings is 1. The highest BCUT2D eigenvalue weighted by molar-refractivity contribution is 7.90. The lowest BCUT2D eigenvalue weighted by Gasteiger charge is -2.40. The van der Waals surface area contributed by atoms with Crippen molar-refractivity contribution in [3.8, 4) is 17.3 Å². The standard InChI is InChI=1S/C35H39N9O4S/c1-48-28-14-24(34(45)43-19-23-7-8-26(43)30(23)36)12-25-31(28)44(18-21-15-41(16-21)29-9-11-38-35(40-29)49(2,46)47)33(39-25)27-13-22-4-3-10-37-32(22)42(27)17-20-5-6-20/h3-4,9-14,20-21,23,26,30H,5-8,15-19,36H2,1-2H3/t23-,26-,30-/m1/s1. The van der Waals surface area contributed by atoms with Gasteiger partial charge in [-0.05, 0) is 73.9 Å². The van der Waals surface area contributed by atoms with Gasteiger partial charge < -0.3 is 29.4 Å². The molecule has 2 saturated carbocycles. The van der Waals surface area contributed by atoms with Crippen LogP contribution < -0.4 is 15.4 Å². The molecule has 49 heavy (non-hydrogen) atoms. The van der Waals surface area contributed by atoms with Crippen molar-refractivity contribution >= 4 is 43.6 Å². The highest BCUT2D eigenvalue weighted by atomic mass is 32.2. The fourth-order valence-corrected chi connectivity index (χ4v) is 8.67. The Morgan fingerprint density at radius 1 is 0.959 bits per heavy atom. The van der Waals surface area contributed by atoms with Crippen molar-refractivity contribution in [3.05, 3.63) is 54.4 Å². The second-order valence-electron chi connectivity index (χ2n) is 14.3. The van der Waals surface area contributed by atoms with Crippen molar-refractivity contribution in [2.45, 2.75) is 56.0 Å². The molecule has 254 valence electrons. The van der Waals surface area contributed by atoms with Crippen LogP contribution in [0.3, 0.4) is 0 Å². The van der Waals surface area contributed by atoms with Crippen molar-refractivity contribution in [2.24, 2.45) is 23.5 Å². The first-order valence-electron chi connectivity index (χ1n) is 17.0. The number of hydrogen-bond donors (Lipinski definition) is 1. The molecule has 0 spiro atoms. The number of amides is 1. The summed E-state index contributed by atoms with van der Waals surface area (Å²) in [6.07, 6.45) is 8.86. The maximum Gasteiger partial charge on any atom is 0.254 e. The van der Waals surface area contributed by atoms with Crippen LogP contribution in [0.5, 0.6) is 5.75 Å². The molecule has 4 aromatic heterocycles. The first kappa shape index (κ1) is 30.5. The molecule has 1 aromatic carbocycles. The van der Waals surface area contributed by atoms with Gasteiger partial charge in [0.25, 0.3) is 5.91 Å². The lowest BCUT2D eigenvalue weighted by Crippen LogP contribution is -2.49. The fourth-order valence-electron chi connectivity index (χ4n) is 8.16. The van der Waals surface area contributed by atoms with Crippen LogP contribution in [0.25, 0.3) is 33.6 Å². The zero-order chi connectivity index (χ0) is 33.6. The molecule has 14 heteroatoms. The van der Waals surface area contributed by atoms with Crippen LogP contribution in [0.2, 0.25) is 0 Å². The molecular formula is C35H39N9O4S. The van der Waals surface area contributed by atoms with E-state index in [0.29, 0.717) is 60.7 Å². The molecule has 2 saturated heterocycles. The molecule has 2 aliphatic carbocycles. The number of methoxy groups -OCH3 is 1. The number of likely N-dealkylation sites (tertiary alicyclic amines) is 1. The summed E-state index contributed by atoms with van der Waals surface area (Å²) in [5, 5.41) is 0.882. The summed E-state index contributed by atoms with van der Waals surface area (Å²) >= 11 is 0. The summed E-state index contributed by atoms with van der Waals surface area (Å²) in [5.41, 5.74) is 10.5. The smallest absolute Gasteiger partial charge is 0.254 e. The Kier molecular flexibility index (Phi) is 6.99. The van der Waals surface area contributed by atoms with Gasteiger partial charge in [-0.15, -0.1) is 0 Å². The number of nitrogens with two attached hydrogens (primary N) is 1. The normalized spacial score (nSPS) is 22.4.